The first kappa shape index (κ1) is 15.8. The number of aryl methyl sites for hydroxylation is 1. The monoisotopic (exact) mass is 360 g/mol. The number of nitrogens with one attached hydrogen (secondary N) is 2. The van der Waals surface area contributed by atoms with Crippen LogP contribution in [-0.4, -0.2) is 51.1 Å². The van der Waals surface area contributed by atoms with Gasteiger partial charge in [0, 0.05) is 14.1 Å². The van der Waals surface area contributed by atoms with Gasteiger partial charge in [0.15, 0.2) is 10.8 Å². The Labute approximate surface area is 146 Å². The van der Waals surface area contributed by atoms with Gasteiger partial charge < -0.3 is 19.9 Å². The Bertz CT molecular complexity index is 1020. The molecule has 3 aromatic heterocycles. The molecule has 4 rings (SSSR count). The van der Waals surface area contributed by atoms with Crippen LogP contribution in [0.4, 0.5) is 5.82 Å². The first-order valence-corrected chi connectivity index (χ1v) is 8.51. The first-order valence-electron chi connectivity index (χ1n) is 7.69. The number of esters is 1. The molecule has 1 amide bonds. The van der Waals surface area contributed by atoms with Gasteiger partial charge in [0.2, 0.25) is 0 Å². The fraction of sp³-hybridized carbons (Fsp3) is 0.400. The number of methoxy groups -OCH3 is 1. The molecule has 9 nitrogen and oxygen atoms in total. The molecule has 1 aliphatic carbocycles. The Morgan fingerprint density at radius 2 is 2.08 bits per heavy atom. The topological polar surface area (TPSA) is 111 Å². The van der Waals surface area contributed by atoms with Crippen LogP contribution < -0.4 is 10.6 Å². The highest BCUT2D eigenvalue weighted by Crippen LogP contribution is 2.37. The third kappa shape index (κ3) is 2.32. The summed E-state index contributed by atoms with van der Waals surface area (Å²) >= 11 is 1.18. The van der Waals surface area contributed by atoms with Crippen LogP contribution in [-0.2, 0) is 16.6 Å². The van der Waals surface area contributed by atoms with Gasteiger partial charge in [-0.2, -0.15) is 0 Å². The van der Waals surface area contributed by atoms with Gasteiger partial charge in [0.05, 0.1) is 13.4 Å². The van der Waals surface area contributed by atoms with Gasteiger partial charge in [-0.15, -0.1) is 0 Å². The Morgan fingerprint density at radius 1 is 1.32 bits per heavy atom. The number of fused-ring (bicyclic) bond motifs is 3. The number of imidazole rings is 1. The minimum Gasteiger partial charge on any atom is -0.467 e. The number of carbonyl (C=O) groups excluding carboxylic acids is 2. The smallest absolute Gasteiger partial charge is 0.331 e. The van der Waals surface area contributed by atoms with Gasteiger partial charge in [0.1, 0.15) is 26.9 Å². The quantitative estimate of drug-likeness (QED) is 0.669. The largest absolute Gasteiger partial charge is 0.467 e. The van der Waals surface area contributed by atoms with E-state index in [1.807, 2.05) is 11.6 Å². The molecule has 0 aromatic carbocycles. The van der Waals surface area contributed by atoms with E-state index in [4.69, 9.17) is 4.74 Å². The van der Waals surface area contributed by atoms with Crippen molar-refractivity contribution in [2.24, 2.45) is 7.05 Å². The fourth-order valence-electron chi connectivity index (χ4n) is 2.82. The summed E-state index contributed by atoms with van der Waals surface area (Å²) in [5.74, 6) is -0.189. The predicted molar refractivity (Wildman–Crippen MR) is 92.7 cm³/mol. The van der Waals surface area contributed by atoms with E-state index in [-0.39, 0.29) is 5.01 Å². The number of thiazole rings is 1. The molecule has 25 heavy (non-hydrogen) atoms. The third-order valence-corrected chi connectivity index (χ3v) is 5.27. The SMILES string of the molecule is CNc1nc2sc(C(=O)NC3(C(=O)OC)CC3)nc2c2c1ncn2C. The molecule has 0 aliphatic heterocycles. The van der Waals surface area contributed by atoms with Gasteiger partial charge in [-0.1, -0.05) is 11.3 Å². The molecule has 2 N–H and O–H groups in total. The number of ether oxygens (including phenoxy) is 1. The number of carbonyl (C=O) groups is 2. The lowest BCUT2D eigenvalue weighted by atomic mass is 10.3. The zero-order valence-electron chi connectivity index (χ0n) is 13.9. The molecule has 0 unspecified atom stereocenters. The van der Waals surface area contributed by atoms with E-state index in [2.05, 4.69) is 25.6 Å². The first-order chi connectivity index (χ1) is 12.0. The minimum absolute atomic E-state index is 0.258. The van der Waals surface area contributed by atoms with E-state index < -0.39 is 17.4 Å². The van der Waals surface area contributed by atoms with Crippen molar-refractivity contribution in [3.8, 4) is 0 Å². The lowest BCUT2D eigenvalue weighted by molar-refractivity contribution is -0.144. The Kier molecular flexibility index (Phi) is 3.39. The molecular weight excluding hydrogens is 344 g/mol. The van der Waals surface area contributed by atoms with Gasteiger partial charge in [-0.3, -0.25) is 4.79 Å². The normalized spacial score (nSPS) is 15.3. The molecule has 0 atom stereocenters. The molecule has 0 bridgehead atoms. The highest BCUT2D eigenvalue weighted by Gasteiger charge is 2.52. The van der Waals surface area contributed by atoms with Gasteiger partial charge in [-0.05, 0) is 12.8 Å². The Morgan fingerprint density at radius 3 is 2.72 bits per heavy atom. The summed E-state index contributed by atoms with van der Waals surface area (Å²) in [4.78, 5) is 38.3. The highest BCUT2D eigenvalue weighted by molar-refractivity contribution is 7.20. The number of rotatable bonds is 4. The van der Waals surface area contributed by atoms with Gasteiger partial charge >= 0.3 is 5.97 Å². The second kappa shape index (κ2) is 5.38. The van der Waals surface area contributed by atoms with Crippen LogP contribution in [0.1, 0.15) is 22.6 Å². The predicted octanol–water partition coefficient (Wildman–Crippen LogP) is 1.06. The van der Waals surface area contributed by atoms with E-state index in [1.54, 1.807) is 13.4 Å². The number of pyridine rings is 1. The van der Waals surface area contributed by atoms with Crippen LogP contribution >= 0.6 is 11.3 Å². The van der Waals surface area contributed by atoms with Crippen LogP contribution in [0.15, 0.2) is 6.33 Å². The minimum atomic E-state index is -0.908. The number of hydrogen-bond donors (Lipinski definition) is 2. The number of anilines is 1. The summed E-state index contributed by atoms with van der Waals surface area (Å²) < 4.78 is 6.61. The zero-order valence-corrected chi connectivity index (χ0v) is 14.7. The van der Waals surface area contributed by atoms with Crippen LogP contribution in [0.5, 0.6) is 0 Å². The summed E-state index contributed by atoms with van der Waals surface area (Å²) in [5.41, 5.74) is 1.21. The van der Waals surface area contributed by atoms with E-state index >= 15 is 0 Å². The molecular formula is C15H16N6O3S. The summed E-state index contributed by atoms with van der Waals surface area (Å²) in [6.45, 7) is 0. The molecule has 0 radical (unpaired) electrons. The number of aromatic nitrogens is 4. The van der Waals surface area contributed by atoms with Crippen molar-refractivity contribution in [2.45, 2.75) is 18.4 Å². The lowest BCUT2D eigenvalue weighted by Crippen LogP contribution is -2.43. The van der Waals surface area contributed by atoms with Crippen LogP contribution in [0.25, 0.3) is 21.4 Å². The third-order valence-electron chi connectivity index (χ3n) is 4.32. The second-order valence-corrected chi connectivity index (χ2v) is 6.94. The van der Waals surface area contributed by atoms with Gasteiger partial charge in [-0.25, -0.2) is 19.7 Å². The average Bonchev–Trinajstić information content (AvgIpc) is 3.09. The van der Waals surface area contributed by atoms with Crippen LogP contribution in [0.2, 0.25) is 0 Å². The van der Waals surface area contributed by atoms with Crippen molar-refractivity contribution >= 4 is 50.4 Å². The number of hydrogen-bond acceptors (Lipinski definition) is 8. The maximum Gasteiger partial charge on any atom is 0.331 e. The van der Waals surface area contributed by atoms with Crippen molar-refractivity contribution in [3.05, 3.63) is 11.3 Å². The fourth-order valence-corrected chi connectivity index (χ4v) is 3.66. The molecule has 0 saturated heterocycles. The van der Waals surface area contributed by atoms with Crippen molar-refractivity contribution in [2.75, 3.05) is 19.5 Å². The zero-order chi connectivity index (χ0) is 17.8. The summed E-state index contributed by atoms with van der Waals surface area (Å²) in [6, 6.07) is 0. The number of amides is 1. The molecule has 3 aromatic rings. The maximum absolute atomic E-state index is 12.6. The van der Waals surface area contributed by atoms with E-state index in [0.29, 0.717) is 34.5 Å². The van der Waals surface area contributed by atoms with Crippen molar-refractivity contribution in [1.82, 2.24) is 24.8 Å². The summed E-state index contributed by atoms with van der Waals surface area (Å²) in [6.07, 6.45) is 2.83. The molecule has 1 saturated carbocycles. The second-order valence-electron chi connectivity index (χ2n) is 5.96. The highest BCUT2D eigenvalue weighted by atomic mass is 32.1. The standard InChI is InChI=1S/C15H16N6O3S/c1-16-10-7-9(21(2)6-17-7)8-12(19-10)25-13(18-8)11(22)20-15(4-5-15)14(23)24-3/h6H,4-5H2,1-3H3,(H,16,19)(H,20,22). The molecule has 130 valence electrons. The van der Waals surface area contributed by atoms with Crippen LogP contribution in [0, 0.1) is 0 Å². The number of nitrogens with zero attached hydrogens (tertiary/aromatic N) is 4. The summed E-state index contributed by atoms with van der Waals surface area (Å²) in [7, 11) is 4.95. The van der Waals surface area contributed by atoms with Crippen molar-refractivity contribution in [3.63, 3.8) is 0 Å². The average molecular weight is 360 g/mol. The molecule has 3 heterocycles. The van der Waals surface area contributed by atoms with E-state index in [0.717, 1.165) is 5.52 Å². The maximum atomic E-state index is 12.6. The molecule has 1 fully saturated rings. The Balaban J connectivity index is 1.77. The van der Waals surface area contributed by atoms with Gasteiger partial charge in [0.25, 0.3) is 5.91 Å². The lowest BCUT2D eigenvalue weighted by Gasteiger charge is -2.13. The molecule has 1 aliphatic rings. The summed E-state index contributed by atoms with van der Waals surface area (Å²) in [5, 5.41) is 6.02. The van der Waals surface area contributed by atoms with Crippen molar-refractivity contribution < 1.29 is 14.3 Å². The molecule has 10 heteroatoms. The van der Waals surface area contributed by atoms with E-state index in [1.165, 1.54) is 18.4 Å². The van der Waals surface area contributed by atoms with E-state index in [9.17, 15) is 9.59 Å². The Hall–Kier alpha value is -2.75. The van der Waals surface area contributed by atoms with Crippen molar-refractivity contribution in [1.29, 1.82) is 0 Å². The molecule has 0 spiro atoms. The van der Waals surface area contributed by atoms with Crippen LogP contribution in [0.3, 0.4) is 0 Å².